The van der Waals surface area contributed by atoms with Crippen molar-refractivity contribution < 1.29 is 18.0 Å². The van der Waals surface area contributed by atoms with Gasteiger partial charge in [0.1, 0.15) is 6.04 Å². The molecule has 1 aliphatic rings. The largest absolute Gasteiger partial charge is 0.399 e. The number of carbonyl (C=O) groups is 2. The van der Waals surface area contributed by atoms with Crippen LogP contribution in [0.3, 0.4) is 0 Å². The molecule has 1 saturated heterocycles. The van der Waals surface area contributed by atoms with E-state index in [0.29, 0.717) is 30.8 Å². The highest BCUT2D eigenvalue weighted by Crippen LogP contribution is 2.16. The van der Waals surface area contributed by atoms with Gasteiger partial charge in [-0.1, -0.05) is 24.3 Å². The number of rotatable bonds is 7. The lowest BCUT2D eigenvalue weighted by Crippen LogP contribution is -2.33. The van der Waals surface area contributed by atoms with E-state index in [1.54, 1.807) is 36.4 Å². The second-order valence-corrected chi connectivity index (χ2v) is 8.51. The fraction of sp³-hybridized carbons (Fsp3) is 0.263. The smallest absolute Gasteiger partial charge is 0.324 e. The molecule has 1 fully saturated rings. The van der Waals surface area contributed by atoms with Crippen molar-refractivity contribution in [2.45, 2.75) is 18.9 Å². The van der Waals surface area contributed by atoms with Crippen LogP contribution in [0, 0.1) is 0 Å². The number of nitrogens with zero attached hydrogens (tertiary/aromatic N) is 1. The number of amides is 3. The Bertz CT molecular complexity index is 972. The normalized spacial score (nSPS) is 16.9. The Kier molecular flexibility index (Phi) is 5.55. The third-order valence-electron chi connectivity index (χ3n) is 4.41. The van der Waals surface area contributed by atoms with Crippen LogP contribution in [0.4, 0.5) is 16.2 Å². The van der Waals surface area contributed by atoms with Crippen LogP contribution in [-0.4, -0.2) is 44.1 Å². The Hall–Kier alpha value is -3.07. The third-order valence-corrected chi connectivity index (χ3v) is 5.01. The summed E-state index contributed by atoms with van der Waals surface area (Å²) in [4.78, 5) is 26.0. The van der Waals surface area contributed by atoms with E-state index in [-0.39, 0.29) is 5.91 Å². The Labute approximate surface area is 163 Å². The monoisotopic (exact) mass is 402 g/mol. The van der Waals surface area contributed by atoms with Crippen molar-refractivity contribution >= 4 is 33.3 Å². The van der Waals surface area contributed by atoms with Crippen molar-refractivity contribution in [1.29, 1.82) is 0 Å². The summed E-state index contributed by atoms with van der Waals surface area (Å²) in [6, 6.07) is 13.0. The minimum atomic E-state index is -3.34. The van der Waals surface area contributed by atoms with Gasteiger partial charge in [-0.25, -0.2) is 13.2 Å². The number of anilines is 2. The molecule has 148 valence electrons. The number of hydrogen-bond donors (Lipinski definition) is 3. The van der Waals surface area contributed by atoms with E-state index < -0.39 is 22.1 Å². The van der Waals surface area contributed by atoms with Gasteiger partial charge in [0.15, 0.2) is 0 Å². The van der Waals surface area contributed by atoms with E-state index in [1.165, 1.54) is 4.90 Å². The molecular weight excluding hydrogens is 380 g/mol. The lowest BCUT2D eigenvalue weighted by Gasteiger charge is -2.13. The summed E-state index contributed by atoms with van der Waals surface area (Å²) in [5, 5.41) is 2.71. The summed E-state index contributed by atoms with van der Waals surface area (Å²) in [5.74, 6) is -0.265. The Balaban J connectivity index is 1.59. The quantitative estimate of drug-likeness (QED) is 0.477. The molecule has 3 rings (SSSR count). The van der Waals surface area contributed by atoms with Crippen molar-refractivity contribution in [1.82, 2.24) is 10.2 Å². The zero-order chi connectivity index (χ0) is 20.3. The molecule has 2 aromatic rings. The lowest BCUT2D eigenvalue weighted by atomic mass is 10.1. The standard InChI is InChI=1S/C19H22N4O4S/c1-28(26,27)22-16-8-4-14(5-9-16)12-17-18(24)23(19(25)21-17)11-10-13-2-6-15(20)7-3-13/h2-9,17,22H,10-12,20H2,1H3,(H,21,25)/t17-/m0/s1. The maximum Gasteiger partial charge on any atom is 0.324 e. The first kappa shape index (κ1) is 19.7. The number of benzene rings is 2. The molecule has 28 heavy (non-hydrogen) atoms. The van der Waals surface area contributed by atoms with E-state index in [2.05, 4.69) is 10.0 Å². The minimum Gasteiger partial charge on any atom is -0.399 e. The molecule has 2 aromatic carbocycles. The van der Waals surface area contributed by atoms with Crippen LogP contribution in [0.2, 0.25) is 0 Å². The van der Waals surface area contributed by atoms with Crippen molar-refractivity contribution in [3.63, 3.8) is 0 Å². The second kappa shape index (κ2) is 7.89. The van der Waals surface area contributed by atoms with Gasteiger partial charge in [-0.2, -0.15) is 0 Å². The molecule has 0 aliphatic carbocycles. The summed E-state index contributed by atoms with van der Waals surface area (Å²) in [6.45, 7) is 0.294. The van der Waals surface area contributed by atoms with Gasteiger partial charge in [0, 0.05) is 24.3 Å². The highest BCUT2D eigenvalue weighted by atomic mass is 32.2. The van der Waals surface area contributed by atoms with Gasteiger partial charge in [-0.3, -0.25) is 14.4 Å². The number of urea groups is 1. The summed E-state index contributed by atoms with van der Waals surface area (Å²) in [5.41, 5.74) is 8.57. The summed E-state index contributed by atoms with van der Waals surface area (Å²) in [7, 11) is -3.34. The predicted octanol–water partition coefficient (Wildman–Crippen LogP) is 1.35. The molecule has 8 nitrogen and oxygen atoms in total. The van der Waals surface area contributed by atoms with Gasteiger partial charge in [0.25, 0.3) is 5.91 Å². The van der Waals surface area contributed by atoms with E-state index in [4.69, 9.17) is 5.73 Å². The molecule has 0 spiro atoms. The fourth-order valence-corrected chi connectivity index (χ4v) is 3.58. The molecule has 0 saturated carbocycles. The summed E-state index contributed by atoms with van der Waals surface area (Å²) >= 11 is 0. The van der Waals surface area contributed by atoms with Crippen LogP contribution >= 0.6 is 0 Å². The summed E-state index contributed by atoms with van der Waals surface area (Å²) in [6.07, 6.45) is 1.97. The van der Waals surface area contributed by atoms with Gasteiger partial charge in [-0.05, 0) is 41.8 Å². The molecular formula is C19H22N4O4S. The van der Waals surface area contributed by atoms with Crippen molar-refractivity contribution in [3.05, 3.63) is 59.7 Å². The van der Waals surface area contributed by atoms with E-state index >= 15 is 0 Å². The average molecular weight is 402 g/mol. The van der Waals surface area contributed by atoms with Gasteiger partial charge in [0.2, 0.25) is 10.0 Å². The van der Waals surface area contributed by atoms with Crippen molar-refractivity contribution in [2.75, 3.05) is 23.3 Å². The second-order valence-electron chi connectivity index (χ2n) is 6.76. The topological polar surface area (TPSA) is 122 Å². The van der Waals surface area contributed by atoms with Crippen molar-refractivity contribution in [3.8, 4) is 0 Å². The number of nitrogens with two attached hydrogens (primary N) is 1. The SMILES string of the molecule is CS(=O)(=O)Nc1ccc(C[C@@H]2NC(=O)N(CCc3ccc(N)cc3)C2=O)cc1. The first-order valence-corrected chi connectivity index (χ1v) is 10.6. The van der Waals surface area contributed by atoms with Crippen LogP contribution in [0.25, 0.3) is 0 Å². The Morgan fingerprint density at radius 1 is 1.04 bits per heavy atom. The average Bonchev–Trinajstić information content (AvgIpc) is 2.88. The minimum absolute atomic E-state index is 0.265. The third kappa shape index (κ3) is 5.01. The molecule has 1 heterocycles. The Morgan fingerprint density at radius 2 is 1.64 bits per heavy atom. The van der Waals surface area contributed by atoms with Gasteiger partial charge in [-0.15, -0.1) is 0 Å². The molecule has 9 heteroatoms. The van der Waals surface area contributed by atoms with Crippen molar-refractivity contribution in [2.24, 2.45) is 0 Å². The number of hydrogen-bond acceptors (Lipinski definition) is 5. The molecule has 3 amide bonds. The predicted molar refractivity (Wildman–Crippen MR) is 107 cm³/mol. The highest BCUT2D eigenvalue weighted by Gasteiger charge is 2.37. The first-order chi connectivity index (χ1) is 13.2. The fourth-order valence-electron chi connectivity index (χ4n) is 3.01. The molecule has 0 radical (unpaired) electrons. The highest BCUT2D eigenvalue weighted by molar-refractivity contribution is 7.92. The molecule has 0 aromatic heterocycles. The van der Waals surface area contributed by atoms with Crippen LogP contribution in [0.5, 0.6) is 0 Å². The van der Waals surface area contributed by atoms with Gasteiger partial charge >= 0.3 is 6.03 Å². The van der Waals surface area contributed by atoms with Crippen LogP contribution in [0.15, 0.2) is 48.5 Å². The number of nitrogen functional groups attached to an aromatic ring is 1. The number of imide groups is 1. The molecule has 4 N–H and O–H groups in total. The molecule has 0 unspecified atom stereocenters. The number of sulfonamides is 1. The van der Waals surface area contributed by atoms with E-state index in [9.17, 15) is 18.0 Å². The maximum absolute atomic E-state index is 12.6. The lowest BCUT2D eigenvalue weighted by molar-refractivity contribution is -0.127. The van der Waals surface area contributed by atoms with Gasteiger partial charge in [0.05, 0.1) is 6.26 Å². The summed E-state index contributed by atoms with van der Waals surface area (Å²) < 4.78 is 24.9. The molecule has 1 atom stereocenters. The zero-order valence-corrected chi connectivity index (χ0v) is 16.2. The molecule has 1 aliphatic heterocycles. The van der Waals surface area contributed by atoms with Crippen LogP contribution < -0.4 is 15.8 Å². The van der Waals surface area contributed by atoms with Crippen LogP contribution in [-0.2, 0) is 27.7 Å². The zero-order valence-electron chi connectivity index (χ0n) is 15.4. The van der Waals surface area contributed by atoms with E-state index in [1.807, 2.05) is 12.1 Å². The number of nitrogens with one attached hydrogen (secondary N) is 2. The van der Waals surface area contributed by atoms with E-state index in [0.717, 1.165) is 17.4 Å². The Morgan fingerprint density at radius 3 is 2.25 bits per heavy atom. The number of carbonyl (C=O) groups excluding carboxylic acids is 2. The molecule has 0 bridgehead atoms. The van der Waals surface area contributed by atoms with Gasteiger partial charge < -0.3 is 11.1 Å². The first-order valence-electron chi connectivity index (χ1n) is 8.74. The van der Waals surface area contributed by atoms with Crippen LogP contribution in [0.1, 0.15) is 11.1 Å². The maximum atomic E-state index is 12.6.